The number of guanidine groups is 1. The number of aliphatic imine (C=N–C) groups is 1. The summed E-state index contributed by atoms with van der Waals surface area (Å²) in [7, 11) is 2.23. The van der Waals surface area contributed by atoms with Crippen LogP contribution in [0.2, 0.25) is 0 Å². The zero-order chi connectivity index (χ0) is 19.6. The molecule has 1 atom stereocenters. The zero-order valence-corrected chi connectivity index (χ0v) is 17.9. The summed E-state index contributed by atoms with van der Waals surface area (Å²) in [5, 5.41) is 7.00. The molecule has 0 aliphatic carbocycles. The predicted molar refractivity (Wildman–Crippen MR) is 119 cm³/mol. The van der Waals surface area contributed by atoms with Gasteiger partial charge in [-0.15, -0.1) is 0 Å². The standard InChI is InChI=1S/C23H39N5/c1-3-24-23(25-14-11-20-12-16-27(2)17-13-20)26-18-22-10-7-15-28(22)19-21-8-5-4-6-9-21/h4-6,8-9,20,22H,3,7,10-19H2,1-2H3,(H2,24,25,26). The van der Waals surface area contributed by atoms with E-state index in [1.54, 1.807) is 0 Å². The first-order valence-corrected chi connectivity index (χ1v) is 11.2. The van der Waals surface area contributed by atoms with Crippen molar-refractivity contribution in [1.82, 2.24) is 20.4 Å². The molecule has 156 valence electrons. The monoisotopic (exact) mass is 385 g/mol. The number of rotatable bonds is 8. The number of hydrogen-bond donors (Lipinski definition) is 2. The van der Waals surface area contributed by atoms with Crippen LogP contribution in [0, 0.1) is 5.92 Å². The first kappa shape index (κ1) is 21.1. The smallest absolute Gasteiger partial charge is 0.191 e. The molecule has 2 fully saturated rings. The van der Waals surface area contributed by atoms with Crippen molar-refractivity contribution in [1.29, 1.82) is 0 Å². The van der Waals surface area contributed by atoms with Crippen molar-refractivity contribution >= 4 is 5.96 Å². The van der Waals surface area contributed by atoms with E-state index in [2.05, 4.69) is 64.7 Å². The van der Waals surface area contributed by atoms with E-state index < -0.39 is 0 Å². The third-order valence-corrected chi connectivity index (χ3v) is 6.22. The van der Waals surface area contributed by atoms with Crippen molar-refractivity contribution in [3.8, 4) is 0 Å². The van der Waals surface area contributed by atoms with Gasteiger partial charge in [0.1, 0.15) is 0 Å². The Kier molecular flexibility index (Phi) is 8.62. The van der Waals surface area contributed by atoms with Gasteiger partial charge in [0.15, 0.2) is 5.96 Å². The van der Waals surface area contributed by atoms with Crippen molar-refractivity contribution in [2.45, 2.75) is 51.6 Å². The highest BCUT2D eigenvalue weighted by Crippen LogP contribution is 2.20. The Hall–Kier alpha value is -1.59. The van der Waals surface area contributed by atoms with Crippen molar-refractivity contribution in [2.75, 3.05) is 46.3 Å². The fourth-order valence-corrected chi connectivity index (χ4v) is 4.41. The van der Waals surface area contributed by atoms with Crippen LogP contribution in [0.4, 0.5) is 0 Å². The van der Waals surface area contributed by atoms with Crippen LogP contribution in [0.1, 0.15) is 44.6 Å². The molecule has 0 bridgehead atoms. The van der Waals surface area contributed by atoms with E-state index in [4.69, 9.17) is 4.99 Å². The van der Waals surface area contributed by atoms with Gasteiger partial charge >= 0.3 is 0 Å². The summed E-state index contributed by atoms with van der Waals surface area (Å²) in [6, 6.07) is 11.4. The summed E-state index contributed by atoms with van der Waals surface area (Å²) < 4.78 is 0. The van der Waals surface area contributed by atoms with E-state index >= 15 is 0 Å². The van der Waals surface area contributed by atoms with E-state index in [0.717, 1.165) is 38.1 Å². The molecule has 2 heterocycles. The molecule has 0 amide bonds. The highest BCUT2D eigenvalue weighted by Gasteiger charge is 2.24. The average molecular weight is 386 g/mol. The van der Waals surface area contributed by atoms with Crippen LogP contribution in [0.25, 0.3) is 0 Å². The fourth-order valence-electron chi connectivity index (χ4n) is 4.41. The first-order chi connectivity index (χ1) is 13.7. The molecule has 1 aromatic carbocycles. The number of piperidine rings is 1. The van der Waals surface area contributed by atoms with Crippen LogP contribution in [-0.2, 0) is 6.54 Å². The molecule has 0 radical (unpaired) electrons. The minimum absolute atomic E-state index is 0.560. The summed E-state index contributed by atoms with van der Waals surface area (Å²) in [5.41, 5.74) is 1.40. The van der Waals surface area contributed by atoms with Crippen LogP contribution < -0.4 is 10.6 Å². The van der Waals surface area contributed by atoms with Crippen molar-refractivity contribution < 1.29 is 0 Å². The summed E-state index contributed by atoms with van der Waals surface area (Å²) in [4.78, 5) is 9.97. The van der Waals surface area contributed by atoms with E-state index in [1.165, 1.54) is 57.3 Å². The van der Waals surface area contributed by atoms with E-state index in [0.29, 0.717) is 6.04 Å². The molecule has 5 heteroatoms. The quantitative estimate of drug-likeness (QED) is 0.533. The number of hydrogen-bond acceptors (Lipinski definition) is 3. The molecular formula is C23H39N5. The SMILES string of the molecule is CCNC(=NCC1CCCN1Cc1ccccc1)NCCC1CCN(C)CC1. The van der Waals surface area contributed by atoms with Crippen LogP contribution >= 0.6 is 0 Å². The third-order valence-electron chi connectivity index (χ3n) is 6.22. The van der Waals surface area contributed by atoms with Gasteiger partial charge in [0.2, 0.25) is 0 Å². The Morgan fingerprint density at radius 3 is 2.61 bits per heavy atom. The summed E-state index contributed by atoms with van der Waals surface area (Å²) >= 11 is 0. The molecule has 1 aromatic rings. The second kappa shape index (κ2) is 11.4. The van der Waals surface area contributed by atoms with Gasteiger partial charge < -0.3 is 15.5 Å². The lowest BCUT2D eigenvalue weighted by molar-refractivity contribution is 0.213. The topological polar surface area (TPSA) is 42.9 Å². The average Bonchev–Trinajstić information content (AvgIpc) is 3.15. The maximum Gasteiger partial charge on any atom is 0.191 e. The molecule has 3 rings (SSSR count). The van der Waals surface area contributed by atoms with Crippen molar-refractivity contribution in [3.05, 3.63) is 35.9 Å². The van der Waals surface area contributed by atoms with Crippen LogP contribution in [0.3, 0.4) is 0 Å². The van der Waals surface area contributed by atoms with Gasteiger partial charge in [-0.05, 0) is 77.2 Å². The second-order valence-corrected chi connectivity index (χ2v) is 8.43. The zero-order valence-electron chi connectivity index (χ0n) is 17.9. The number of nitrogens with zero attached hydrogens (tertiary/aromatic N) is 3. The summed E-state index contributed by atoms with van der Waals surface area (Å²) in [6.45, 7) is 9.70. The van der Waals surface area contributed by atoms with E-state index in [-0.39, 0.29) is 0 Å². The normalized spacial score (nSPS) is 22.5. The lowest BCUT2D eigenvalue weighted by atomic mass is 9.94. The second-order valence-electron chi connectivity index (χ2n) is 8.43. The number of benzene rings is 1. The van der Waals surface area contributed by atoms with E-state index in [1.807, 2.05) is 0 Å². The summed E-state index contributed by atoms with van der Waals surface area (Å²) in [5.74, 6) is 1.85. The van der Waals surface area contributed by atoms with Gasteiger partial charge in [-0.1, -0.05) is 30.3 Å². The Balaban J connectivity index is 1.44. The lowest BCUT2D eigenvalue weighted by Gasteiger charge is -2.29. The minimum Gasteiger partial charge on any atom is -0.357 e. The Morgan fingerprint density at radius 2 is 1.86 bits per heavy atom. The van der Waals surface area contributed by atoms with Gasteiger partial charge in [0.05, 0.1) is 6.54 Å². The van der Waals surface area contributed by atoms with Crippen molar-refractivity contribution in [2.24, 2.45) is 10.9 Å². The van der Waals surface area contributed by atoms with E-state index in [9.17, 15) is 0 Å². The van der Waals surface area contributed by atoms with Gasteiger partial charge in [0, 0.05) is 25.7 Å². The van der Waals surface area contributed by atoms with Crippen LogP contribution in [0.5, 0.6) is 0 Å². The van der Waals surface area contributed by atoms with Gasteiger partial charge in [-0.2, -0.15) is 0 Å². The molecule has 0 saturated carbocycles. The van der Waals surface area contributed by atoms with Gasteiger partial charge in [0.25, 0.3) is 0 Å². The highest BCUT2D eigenvalue weighted by molar-refractivity contribution is 5.79. The summed E-state index contributed by atoms with van der Waals surface area (Å²) in [6.07, 6.45) is 6.46. The maximum atomic E-state index is 4.93. The molecule has 0 spiro atoms. The number of nitrogens with one attached hydrogen (secondary N) is 2. The number of likely N-dealkylation sites (tertiary alicyclic amines) is 2. The molecule has 2 N–H and O–H groups in total. The Morgan fingerprint density at radius 1 is 1.07 bits per heavy atom. The molecule has 28 heavy (non-hydrogen) atoms. The van der Waals surface area contributed by atoms with Crippen molar-refractivity contribution in [3.63, 3.8) is 0 Å². The lowest BCUT2D eigenvalue weighted by Crippen LogP contribution is -2.40. The minimum atomic E-state index is 0.560. The first-order valence-electron chi connectivity index (χ1n) is 11.2. The van der Waals surface area contributed by atoms with Crippen LogP contribution in [0.15, 0.2) is 35.3 Å². The van der Waals surface area contributed by atoms with Gasteiger partial charge in [-0.25, -0.2) is 0 Å². The van der Waals surface area contributed by atoms with Crippen LogP contribution in [-0.4, -0.2) is 68.1 Å². The molecule has 5 nitrogen and oxygen atoms in total. The molecule has 2 aliphatic heterocycles. The molecule has 2 saturated heterocycles. The molecule has 2 aliphatic rings. The molecular weight excluding hydrogens is 346 g/mol. The fraction of sp³-hybridized carbons (Fsp3) is 0.696. The largest absolute Gasteiger partial charge is 0.357 e. The molecule has 0 aromatic heterocycles. The highest BCUT2D eigenvalue weighted by atomic mass is 15.2. The maximum absolute atomic E-state index is 4.93. The Bertz CT molecular complexity index is 580. The van der Waals surface area contributed by atoms with Gasteiger partial charge in [-0.3, -0.25) is 9.89 Å². The predicted octanol–water partition coefficient (Wildman–Crippen LogP) is 2.94. The Labute approximate surface area is 171 Å². The molecule has 1 unspecified atom stereocenters. The third kappa shape index (κ3) is 6.78.